The fourth-order valence-electron chi connectivity index (χ4n) is 7.35. The second kappa shape index (κ2) is 10.8. The van der Waals surface area contributed by atoms with Crippen LogP contribution in [0.15, 0.2) is 170 Å². The maximum atomic E-state index is 5.18. The summed E-state index contributed by atoms with van der Waals surface area (Å²) < 4.78 is 4.93. The standard InChI is InChI=1S/C45H28N2S/c1-3-12-29(13-4-1)31-22-24-40-37(27-31)38-28-32(30-14-5-2-6-15-30)23-25-41(38)47(40)34-17-11-16-33(26-34)43-35-18-7-9-20-39(35)46-44-36-19-8-10-21-42(36)48-45(43)44/h1-28H. The molecular weight excluding hydrogens is 601 g/mol. The van der Waals surface area contributed by atoms with Crippen LogP contribution in [0.3, 0.4) is 0 Å². The average Bonchev–Trinajstić information content (AvgIpc) is 3.69. The Morgan fingerprint density at radius 3 is 1.69 bits per heavy atom. The van der Waals surface area contributed by atoms with Crippen LogP contribution in [-0.2, 0) is 0 Å². The van der Waals surface area contributed by atoms with E-state index in [1.807, 2.05) is 11.3 Å². The van der Waals surface area contributed by atoms with Crippen molar-refractivity contribution in [2.45, 2.75) is 0 Å². The molecule has 0 unspecified atom stereocenters. The Morgan fingerprint density at radius 1 is 0.417 bits per heavy atom. The van der Waals surface area contributed by atoms with Gasteiger partial charge in [-0.3, -0.25) is 0 Å². The number of aromatic nitrogens is 2. The quantitative estimate of drug-likeness (QED) is 0.190. The van der Waals surface area contributed by atoms with Crippen molar-refractivity contribution < 1.29 is 0 Å². The van der Waals surface area contributed by atoms with E-state index >= 15 is 0 Å². The fraction of sp³-hybridized carbons (Fsp3) is 0. The predicted octanol–water partition coefficient (Wildman–Crippen LogP) is 12.7. The normalized spacial score (nSPS) is 11.8. The minimum Gasteiger partial charge on any atom is -0.309 e. The lowest BCUT2D eigenvalue weighted by atomic mass is 9.99. The van der Waals surface area contributed by atoms with Crippen molar-refractivity contribution in [3.63, 3.8) is 0 Å². The van der Waals surface area contributed by atoms with Crippen LogP contribution in [0.25, 0.3) is 92.1 Å². The SMILES string of the molecule is c1ccc(-c2ccc3c(c2)c2cc(-c4ccccc4)ccc2n3-c2cccc(-c3c4ccccc4nc4c3sc3ccccc34)c2)cc1. The number of para-hydroxylation sites is 1. The summed E-state index contributed by atoms with van der Waals surface area (Å²) >= 11 is 1.84. The van der Waals surface area contributed by atoms with Gasteiger partial charge >= 0.3 is 0 Å². The second-order valence-corrected chi connectivity index (χ2v) is 13.4. The number of fused-ring (bicyclic) bond motifs is 7. The summed E-state index contributed by atoms with van der Waals surface area (Å²) in [7, 11) is 0. The van der Waals surface area contributed by atoms with Crippen molar-refractivity contribution in [1.82, 2.24) is 9.55 Å². The minimum atomic E-state index is 1.02. The molecule has 10 rings (SSSR count). The molecule has 2 nitrogen and oxygen atoms in total. The van der Waals surface area contributed by atoms with E-state index in [1.165, 1.54) is 75.4 Å². The lowest BCUT2D eigenvalue weighted by Crippen LogP contribution is -1.95. The van der Waals surface area contributed by atoms with Gasteiger partial charge in [-0.1, -0.05) is 121 Å². The van der Waals surface area contributed by atoms with E-state index in [0.717, 1.165) is 16.7 Å². The molecule has 0 N–H and O–H groups in total. The number of benzene rings is 7. The van der Waals surface area contributed by atoms with Gasteiger partial charge in [0, 0.05) is 37.5 Å². The largest absolute Gasteiger partial charge is 0.309 e. The Balaban J connectivity index is 1.24. The number of rotatable bonds is 4. The smallest absolute Gasteiger partial charge is 0.0902 e. The molecule has 0 saturated heterocycles. The van der Waals surface area contributed by atoms with E-state index in [2.05, 4.69) is 174 Å². The molecule has 3 heteroatoms. The summed E-state index contributed by atoms with van der Waals surface area (Å²) in [6.45, 7) is 0. The van der Waals surface area contributed by atoms with Gasteiger partial charge in [-0.15, -0.1) is 11.3 Å². The van der Waals surface area contributed by atoms with Crippen LogP contribution >= 0.6 is 11.3 Å². The van der Waals surface area contributed by atoms with E-state index < -0.39 is 0 Å². The summed E-state index contributed by atoms with van der Waals surface area (Å²) in [5, 5.41) is 4.88. The Hall–Kier alpha value is -6.03. The lowest BCUT2D eigenvalue weighted by Gasteiger charge is -2.13. The molecule has 7 aromatic carbocycles. The summed E-state index contributed by atoms with van der Waals surface area (Å²) in [6, 6.07) is 61.4. The Kier molecular flexibility index (Phi) is 6.08. The molecule has 10 aromatic rings. The van der Waals surface area contributed by atoms with Crippen LogP contribution in [0.5, 0.6) is 0 Å². The van der Waals surface area contributed by atoms with Gasteiger partial charge in [-0.25, -0.2) is 4.98 Å². The van der Waals surface area contributed by atoms with Gasteiger partial charge in [0.15, 0.2) is 0 Å². The molecule has 0 aliphatic rings. The van der Waals surface area contributed by atoms with Crippen LogP contribution in [-0.4, -0.2) is 9.55 Å². The van der Waals surface area contributed by atoms with Gasteiger partial charge in [0.05, 0.1) is 26.8 Å². The number of hydrogen-bond acceptors (Lipinski definition) is 2. The first-order chi connectivity index (χ1) is 23.8. The zero-order chi connectivity index (χ0) is 31.6. The van der Waals surface area contributed by atoms with Gasteiger partial charge in [0.25, 0.3) is 0 Å². The molecule has 0 radical (unpaired) electrons. The summed E-state index contributed by atoms with van der Waals surface area (Å²) in [5.74, 6) is 0. The van der Waals surface area contributed by atoms with E-state index in [9.17, 15) is 0 Å². The van der Waals surface area contributed by atoms with Gasteiger partial charge in [-0.2, -0.15) is 0 Å². The van der Waals surface area contributed by atoms with Crippen molar-refractivity contribution in [2.75, 3.05) is 0 Å². The first kappa shape index (κ1) is 27.1. The maximum absolute atomic E-state index is 5.18. The number of hydrogen-bond donors (Lipinski definition) is 0. The molecule has 48 heavy (non-hydrogen) atoms. The number of thiophene rings is 1. The second-order valence-electron chi connectivity index (χ2n) is 12.4. The summed E-state index contributed by atoms with van der Waals surface area (Å²) in [5.41, 5.74) is 12.9. The predicted molar refractivity (Wildman–Crippen MR) is 205 cm³/mol. The summed E-state index contributed by atoms with van der Waals surface area (Å²) in [6.07, 6.45) is 0. The van der Waals surface area contributed by atoms with E-state index in [0.29, 0.717) is 0 Å². The van der Waals surface area contributed by atoms with Crippen molar-refractivity contribution >= 4 is 64.3 Å². The van der Waals surface area contributed by atoms with E-state index in [4.69, 9.17) is 4.98 Å². The van der Waals surface area contributed by atoms with Gasteiger partial charge in [0.2, 0.25) is 0 Å². The third-order valence-corrected chi connectivity index (χ3v) is 10.8. The van der Waals surface area contributed by atoms with Crippen LogP contribution in [0.4, 0.5) is 0 Å². The highest BCUT2D eigenvalue weighted by Gasteiger charge is 2.19. The first-order valence-corrected chi connectivity index (χ1v) is 17.1. The molecule has 3 heterocycles. The molecule has 0 saturated carbocycles. The minimum absolute atomic E-state index is 1.02. The lowest BCUT2D eigenvalue weighted by molar-refractivity contribution is 1.18. The first-order valence-electron chi connectivity index (χ1n) is 16.3. The zero-order valence-electron chi connectivity index (χ0n) is 26.0. The van der Waals surface area contributed by atoms with Crippen LogP contribution in [0.2, 0.25) is 0 Å². The maximum Gasteiger partial charge on any atom is 0.0902 e. The average molecular weight is 629 g/mol. The summed E-state index contributed by atoms with van der Waals surface area (Å²) in [4.78, 5) is 5.18. The Morgan fingerprint density at radius 2 is 1.00 bits per heavy atom. The van der Waals surface area contributed by atoms with Crippen molar-refractivity contribution in [3.8, 4) is 39.1 Å². The van der Waals surface area contributed by atoms with Crippen LogP contribution in [0.1, 0.15) is 0 Å². The highest BCUT2D eigenvalue weighted by Crippen LogP contribution is 2.44. The molecule has 0 aliphatic carbocycles. The molecule has 0 aliphatic heterocycles. The molecule has 0 atom stereocenters. The molecule has 0 amide bonds. The van der Waals surface area contributed by atoms with Gasteiger partial charge < -0.3 is 4.57 Å². The molecule has 0 bridgehead atoms. The Bertz CT molecular complexity index is 2730. The van der Waals surface area contributed by atoms with E-state index in [1.54, 1.807) is 0 Å². The van der Waals surface area contributed by atoms with Crippen LogP contribution in [0, 0.1) is 0 Å². The molecular formula is C45H28N2S. The Labute approximate surface area is 281 Å². The zero-order valence-corrected chi connectivity index (χ0v) is 26.8. The molecule has 3 aromatic heterocycles. The van der Waals surface area contributed by atoms with Gasteiger partial charge in [0.1, 0.15) is 0 Å². The molecule has 0 spiro atoms. The number of nitrogens with zero attached hydrogens (tertiary/aromatic N) is 2. The van der Waals surface area contributed by atoms with Gasteiger partial charge in [-0.05, 0) is 76.3 Å². The van der Waals surface area contributed by atoms with Crippen molar-refractivity contribution in [2.24, 2.45) is 0 Å². The monoisotopic (exact) mass is 628 g/mol. The van der Waals surface area contributed by atoms with Crippen molar-refractivity contribution in [3.05, 3.63) is 170 Å². The molecule has 224 valence electrons. The third-order valence-electron chi connectivity index (χ3n) is 9.57. The highest BCUT2D eigenvalue weighted by molar-refractivity contribution is 7.26. The number of pyridine rings is 1. The van der Waals surface area contributed by atoms with Crippen LogP contribution < -0.4 is 0 Å². The van der Waals surface area contributed by atoms with Crippen molar-refractivity contribution in [1.29, 1.82) is 0 Å². The highest BCUT2D eigenvalue weighted by atomic mass is 32.1. The van der Waals surface area contributed by atoms with E-state index in [-0.39, 0.29) is 0 Å². The third kappa shape index (κ3) is 4.22. The topological polar surface area (TPSA) is 17.8 Å². The fourth-order valence-corrected chi connectivity index (χ4v) is 8.57. The molecule has 0 fully saturated rings.